The molecule has 0 spiro atoms. The van der Waals surface area contributed by atoms with Crippen LogP contribution >= 0.6 is 11.3 Å². The molecule has 11 aromatic carbocycles. The number of carbonyl (C=O) groups is 4. The molecule has 7 heterocycles. The van der Waals surface area contributed by atoms with Crippen LogP contribution in [0.3, 0.4) is 0 Å². The standard InChI is InChI=1S/2C27H28N4O2.C27H29N3O2.C25H24N2O2S/c28-25-8-6-21(20-4-2-1-3-5-20)16-23(25)18-27(32)22-7-9-26-24(17-22)19-31(29-26)11-10-30-12-14-33-15-13-30;28-25-8-6-21(20-4-2-1-3-5-20)16-23(25)18-27(32)22-7-9-26-24(17-22)19-29-31(26)11-10-30-12-14-33-15-13-30;1-32-16-13-29-12-15-30-14-11-22-18-23(8-10-26(22)30)27(31)19-24-17-21(7-9-25(24)28)20-5-3-2-4-6-20;1-29-12-2-4-21-9-6-17-14-18(8-11-23(17)27-21)24(28)16-20-15-19(7-10-22(20)26)25-5-3-13-30-25/h2*1-9,16-17,19H,10-15,18,28H2;2-11,14,17-18,29H,12-13,15-16,19,28H2,1H3;3,5-11,13-15H,2,4,12,16,26H2,1H3. The van der Waals surface area contributed by atoms with Crippen LogP contribution in [-0.2, 0) is 70.7 Å². The van der Waals surface area contributed by atoms with Gasteiger partial charge in [0.1, 0.15) is 0 Å². The average molecular weight is 1730 g/mol. The van der Waals surface area contributed by atoms with E-state index >= 15 is 0 Å². The van der Waals surface area contributed by atoms with Gasteiger partial charge < -0.3 is 51.8 Å². The number of Topliss-reactive ketones (excluding diaryl/α,β-unsaturated/α-hetero) is 4. The minimum Gasteiger partial charge on any atom is -0.398 e. The Hall–Kier alpha value is -13.4. The van der Waals surface area contributed by atoms with E-state index in [-0.39, 0.29) is 48.8 Å². The summed E-state index contributed by atoms with van der Waals surface area (Å²) in [6, 6.07) is 87.4. The van der Waals surface area contributed by atoms with E-state index in [0.29, 0.717) is 51.6 Å². The SMILES string of the molecule is COCCCc1ccc2cc(C(=O)Cc3cc(-c4cccs4)ccc3N)ccc2n1.COCCNCCn1ccc2cc(C(=O)Cc3cc(-c4ccccc4)ccc3N)ccc21.Nc1ccc(-c2ccccc2)cc1CC(=O)c1ccc2c(cnn2CCN2CCOCC2)c1.Nc1ccc(-c2ccccc2)cc1CC(=O)c1ccc2nn(CCN3CCOCC3)cc2c1. The molecule has 22 heteroatoms. The number of pyridine rings is 1. The molecule has 0 atom stereocenters. The van der Waals surface area contributed by atoms with Crippen LogP contribution in [0.15, 0.2) is 291 Å². The summed E-state index contributed by atoms with van der Waals surface area (Å²) in [4.78, 5) is 62.9. The van der Waals surface area contributed by atoms with Crippen molar-refractivity contribution in [2.75, 3.05) is 129 Å². The molecule has 16 aromatic rings. The number of aryl methyl sites for hydroxylation is 1. The molecule has 2 fully saturated rings. The van der Waals surface area contributed by atoms with Crippen molar-refractivity contribution in [1.29, 1.82) is 0 Å². The number of benzene rings is 11. The molecule has 0 unspecified atom stereocenters. The largest absolute Gasteiger partial charge is 0.398 e. The third kappa shape index (κ3) is 23.8. The van der Waals surface area contributed by atoms with Crippen molar-refractivity contribution in [3.63, 3.8) is 0 Å². The van der Waals surface area contributed by atoms with Crippen LogP contribution in [0.25, 0.3) is 87.4 Å². The number of hydrogen-bond acceptors (Lipinski definition) is 19. The van der Waals surface area contributed by atoms with Crippen molar-refractivity contribution < 1.29 is 38.1 Å². The van der Waals surface area contributed by atoms with Gasteiger partial charge in [0.2, 0.25) is 0 Å². The van der Waals surface area contributed by atoms with E-state index < -0.39 is 0 Å². The fraction of sp³-hybridized carbons (Fsp3) is 0.236. The fourth-order valence-electron chi connectivity index (χ4n) is 16.0. The maximum Gasteiger partial charge on any atom is 0.167 e. The predicted octanol–water partition coefficient (Wildman–Crippen LogP) is 18.2. The molecule has 0 aliphatic carbocycles. The van der Waals surface area contributed by atoms with E-state index in [4.69, 9.17) is 46.9 Å². The highest BCUT2D eigenvalue weighted by atomic mass is 32.1. The second-order valence-electron chi connectivity index (χ2n) is 32.2. The molecule has 652 valence electrons. The van der Waals surface area contributed by atoms with E-state index in [1.54, 1.807) is 25.6 Å². The summed E-state index contributed by atoms with van der Waals surface area (Å²) >= 11 is 1.67. The highest BCUT2D eigenvalue weighted by Gasteiger charge is 2.21. The highest BCUT2D eigenvalue weighted by Crippen LogP contribution is 2.33. The number of nitrogen functional groups attached to an aromatic ring is 4. The zero-order chi connectivity index (χ0) is 88.5. The monoisotopic (exact) mass is 1720 g/mol. The molecule has 5 aromatic heterocycles. The Morgan fingerprint density at radius 1 is 0.414 bits per heavy atom. The fourth-order valence-corrected chi connectivity index (χ4v) is 16.8. The van der Waals surface area contributed by atoms with Gasteiger partial charge in [-0.2, -0.15) is 10.2 Å². The number of morpholine rings is 2. The Morgan fingerprint density at radius 2 is 0.883 bits per heavy atom. The highest BCUT2D eigenvalue weighted by molar-refractivity contribution is 7.13. The third-order valence-electron chi connectivity index (χ3n) is 23.4. The number of nitrogens with one attached hydrogen (secondary N) is 1. The average Bonchev–Trinajstić information content (AvgIpc) is 1.81. The van der Waals surface area contributed by atoms with E-state index in [0.717, 1.165) is 228 Å². The molecule has 2 aliphatic heterocycles. The molecule has 0 radical (unpaired) electrons. The lowest BCUT2D eigenvalue weighted by Crippen LogP contribution is -2.38. The number of nitrogens with two attached hydrogens (primary N) is 4. The molecule has 0 saturated carbocycles. The summed E-state index contributed by atoms with van der Waals surface area (Å²) in [5.74, 6) is 0.221. The van der Waals surface area contributed by atoms with Crippen LogP contribution in [0.4, 0.5) is 22.7 Å². The molecule has 9 N–H and O–H groups in total. The summed E-state index contributed by atoms with van der Waals surface area (Å²) in [7, 11) is 3.41. The molecule has 128 heavy (non-hydrogen) atoms. The van der Waals surface area contributed by atoms with E-state index in [2.05, 4.69) is 84.6 Å². The van der Waals surface area contributed by atoms with Crippen molar-refractivity contribution in [3.05, 3.63) is 341 Å². The maximum absolute atomic E-state index is 13.1. The number of ether oxygens (including phenoxy) is 4. The Bertz CT molecular complexity index is 6330. The number of ketones is 4. The molecule has 2 aliphatic rings. The number of anilines is 4. The van der Waals surface area contributed by atoms with Crippen LogP contribution in [0.1, 0.15) is 75.8 Å². The van der Waals surface area contributed by atoms with Gasteiger partial charge in [-0.15, -0.1) is 11.3 Å². The van der Waals surface area contributed by atoms with Gasteiger partial charge in [0.25, 0.3) is 0 Å². The number of fused-ring (bicyclic) bond motifs is 4. The first kappa shape index (κ1) is 89.4. The first-order chi connectivity index (χ1) is 62.6. The van der Waals surface area contributed by atoms with Gasteiger partial charge in [-0.05, 0) is 219 Å². The quantitative estimate of drug-likeness (QED) is 0.0149. The van der Waals surface area contributed by atoms with Gasteiger partial charge in [-0.3, -0.25) is 43.3 Å². The zero-order valence-electron chi connectivity index (χ0n) is 72.5. The minimum atomic E-state index is 0.0508. The summed E-state index contributed by atoms with van der Waals surface area (Å²) < 4.78 is 27.2. The van der Waals surface area contributed by atoms with Crippen molar-refractivity contribution in [2.45, 2.75) is 58.2 Å². The number of thiophene rings is 1. The lowest BCUT2D eigenvalue weighted by molar-refractivity contribution is 0.0360. The molecule has 21 nitrogen and oxygen atoms in total. The van der Waals surface area contributed by atoms with Crippen LogP contribution in [-0.4, -0.2) is 168 Å². The van der Waals surface area contributed by atoms with Gasteiger partial charge in [0.15, 0.2) is 23.1 Å². The van der Waals surface area contributed by atoms with Crippen LogP contribution in [0, 0.1) is 0 Å². The number of methoxy groups -OCH3 is 2. The number of nitrogens with zero attached hydrogens (tertiary/aromatic N) is 8. The third-order valence-corrected chi connectivity index (χ3v) is 24.3. The Kier molecular flexibility index (Phi) is 30.9. The first-order valence-corrected chi connectivity index (χ1v) is 44.6. The second-order valence-corrected chi connectivity index (χ2v) is 33.1. The lowest BCUT2D eigenvalue weighted by atomic mass is 9.97. The van der Waals surface area contributed by atoms with Gasteiger partial charge in [-0.25, -0.2) is 0 Å². The van der Waals surface area contributed by atoms with Crippen molar-refractivity contribution in [2.24, 2.45) is 0 Å². The summed E-state index contributed by atoms with van der Waals surface area (Å²) in [5, 5.41) is 18.6. The minimum absolute atomic E-state index is 0.0508. The summed E-state index contributed by atoms with van der Waals surface area (Å²) in [6.45, 7) is 14.6. The number of hydrogen-bond donors (Lipinski definition) is 5. The molecule has 0 bridgehead atoms. The first-order valence-electron chi connectivity index (χ1n) is 43.7. The molecular formula is C106H109N13O8S. The predicted molar refractivity (Wildman–Crippen MR) is 518 cm³/mol. The zero-order valence-corrected chi connectivity index (χ0v) is 73.4. The number of rotatable bonds is 32. The van der Waals surface area contributed by atoms with Crippen molar-refractivity contribution in [1.82, 2.24) is 44.2 Å². The van der Waals surface area contributed by atoms with Crippen LogP contribution in [0.5, 0.6) is 0 Å². The smallest absolute Gasteiger partial charge is 0.167 e. The Labute approximate surface area is 750 Å². The van der Waals surface area contributed by atoms with Crippen LogP contribution in [0.2, 0.25) is 0 Å². The van der Waals surface area contributed by atoms with E-state index in [9.17, 15) is 19.2 Å². The number of aromatic nitrogens is 6. The molecular weight excluding hydrogens is 1620 g/mol. The van der Waals surface area contributed by atoms with Gasteiger partial charge in [0.05, 0.1) is 68.9 Å². The topological polar surface area (TPSA) is 281 Å². The Morgan fingerprint density at radius 3 is 1.40 bits per heavy atom. The van der Waals surface area contributed by atoms with Crippen molar-refractivity contribution >= 4 is 101 Å². The molecule has 18 rings (SSSR count). The van der Waals surface area contributed by atoms with E-state index in [1.807, 2.05) is 246 Å². The second kappa shape index (κ2) is 44.2. The Balaban J connectivity index is 0.000000131. The molecule has 0 amide bonds. The van der Waals surface area contributed by atoms with Gasteiger partial charge >= 0.3 is 0 Å². The van der Waals surface area contributed by atoms with E-state index in [1.165, 1.54) is 4.88 Å². The summed E-state index contributed by atoms with van der Waals surface area (Å²) in [6.07, 6.45) is 8.85. The lowest BCUT2D eigenvalue weighted by Gasteiger charge is -2.26. The molecule has 2 saturated heterocycles. The number of carbonyl (C=O) groups excluding carboxylic acids is 4. The normalized spacial score (nSPS) is 12.9. The summed E-state index contributed by atoms with van der Waals surface area (Å²) in [5.41, 5.74) is 46.1. The van der Waals surface area contributed by atoms with Gasteiger partial charge in [0, 0.05) is 200 Å². The van der Waals surface area contributed by atoms with Crippen LogP contribution < -0.4 is 28.3 Å². The maximum atomic E-state index is 13.1. The van der Waals surface area contributed by atoms with Crippen molar-refractivity contribution in [3.8, 4) is 43.8 Å². The van der Waals surface area contributed by atoms with Gasteiger partial charge in [-0.1, -0.05) is 127 Å².